The summed E-state index contributed by atoms with van der Waals surface area (Å²) >= 11 is 0. The number of aliphatic hydroxyl groups excluding tert-OH is 2. The third-order valence-corrected chi connectivity index (χ3v) is 7.98. The van der Waals surface area contributed by atoms with Gasteiger partial charge < -0.3 is 35.8 Å². The molecule has 0 spiro atoms. The summed E-state index contributed by atoms with van der Waals surface area (Å²) in [5, 5.41) is 25.7. The van der Waals surface area contributed by atoms with Gasteiger partial charge in [-0.05, 0) is 70.2 Å². The molecule has 0 saturated heterocycles. The molecule has 0 aliphatic heterocycles. The minimum Gasteiger partial charge on any atom is -0.444 e. The van der Waals surface area contributed by atoms with Crippen LogP contribution < -0.4 is 11.1 Å². The Morgan fingerprint density at radius 3 is 1.85 bits per heavy atom. The van der Waals surface area contributed by atoms with Gasteiger partial charge >= 0.3 is 6.09 Å². The summed E-state index contributed by atoms with van der Waals surface area (Å²) in [6, 6.07) is 17.2. The van der Waals surface area contributed by atoms with Gasteiger partial charge in [0.1, 0.15) is 11.6 Å². The third kappa shape index (κ3) is 13.1. The summed E-state index contributed by atoms with van der Waals surface area (Å²) in [5.41, 5.74) is 6.88. The van der Waals surface area contributed by atoms with Crippen LogP contribution in [0.1, 0.15) is 66.0 Å². The highest BCUT2D eigenvalue weighted by Gasteiger charge is 2.38. The van der Waals surface area contributed by atoms with Gasteiger partial charge in [0.2, 0.25) is 11.8 Å². The van der Waals surface area contributed by atoms with Crippen molar-refractivity contribution in [3.8, 4) is 0 Å². The van der Waals surface area contributed by atoms with Crippen LogP contribution >= 0.6 is 0 Å². The second-order valence-electron chi connectivity index (χ2n) is 13.4. The molecule has 3 amide bonds. The number of hydrogen-bond donors (Lipinski definition) is 4. The predicted molar refractivity (Wildman–Crippen MR) is 181 cm³/mol. The normalized spacial score (nSPS) is 15.1. The Morgan fingerprint density at radius 1 is 0.870 bits per heavy atom. The zero-order valence-electron chi connectivity index (χ0n) is 28.7. The second-order valence-corrected chi connectivity index (χ2v) is 13.4. The number of nitrogens with zero attached hydrogens (tertiary/aromatic N) is 2. The number of ether oxygens (including phenoxy) is 1. The summed E-state index contributed by atoms with van der Waals surface area (Å²) in [7, 11) is 0. The zero-order valence-corrected chi connectivity index (χ0v) is 28.7. The van der Waals surface area contributed by atoms with Crippen molar-refractivity contribution in [1.29, 1.82) is 0 Å². The molecule has 0 radical (unpaired) electrons. The molecule has 2 aromatic carbocycles. The lowest BCUT2D eigenvalue weighted by Crippen LogP contribution is -2.56. The minimum absolute atomic E-state index is 0.0206. The van der Waals surface area contributed by atoms with Gasteiger partial charge in [0.05, 0.1) is 18.2 Å². The Morgan fingerprint density at radius 2 is 1.39 bits per heavy atom. The Balaban J connectivity index is 2.50. The van der Waals surface area contributed by atoms with Gasteiger partial charge in [-0.1, -0.05) is 88.4 Å². The topological polar surface area (TPSA) is 145 Å². The first kappa shape index (κ1) is 38.7. The fraction of sp³-hybridized carbons (Fsp3) is 0.583. The molecule has 0 aromatic heterocycles. The van der Waals surface area contributed by atoms with Gasteiger partial charge in [-0.2, -0.15) is 0 Å². The summed E-state index contributed by atoms with van der Waals surface area (Å²) in [4.78, 5) is 43.7. The van der Waals surface area contributed by atoms with Crippen LogP contribution in [0.4, 0.5) is 4.79 Å². The number of aliphatic hydroxyl groups is 2. The second kappa shape index (κ2) is 18.6. The number of nitrogens with one attached hydrogen (secondary N) is 1. The number of alkyl carbamates (subject to hydrolysis) is 1. The highest BCUT2D eigenvalue weighted by atomic mass is 16.6. The van der Waals surface area contributed by atoms with E-state index in [1.54, 1.807) is 20.8 Å². The fourth-order valence-corrected chi connectivity index (χ4v) is 5.72. The molecule has 0 bridgehead atoms. The molecule has 256 valence electrons. The van der Waals surface area contributed by atoms with Crippen LogP contribution in [0.2, 0.25) is 0 Å². The molecule has 0 aliphatic carbocycles. The van der Waals surface area contributed by atoms with Gasteiger partial charge in [-0.15, -0.1) is 0 Å². The molecule has 2 aromatic rings. The SMILES string of the molecule is CCN(CC)CC(O)CN(C(=O)C(Cc1ccccc1)CC(O)C(Cc1ccccc1)NC(=O)OC(C)(C)C)C(C(N)=O)C(C)C. The van der Waals surface area contributed by atoms with Gasteiger partial charge in [0.25, 0.3) is 0 Å². The Hall–Kier alpha value is -3.47. The van der Waals surface area contributed by atoms with Gasteiger partial charge in [0, 0.05) is 19.0 Å². The van der Waals surface area contributed by atoms with Crippen molar-refractivity contribution in [2.75, 3.05) is 26.2 Å². The van der Waals surface area contributed by atoms with Gasteiger partial charge in [-0.3, -0.25) is 9.59 Å². The summed E-state index contributed by atoms with van der Waals surface area (Å²) in [6.45, 7) is 14.6. The van der Waals surface area contributed by atoms with Crippen molar-refractivity contribution in [3.63, 3.8) is 0 Å². The van der Waals surface area contributed by atoms with Gasteiger partial charge in [-0.25, -0.2) is 4.79 Å². The lowest BCUT2D eigenvalue weighted by atomic mass is 9.87. The number of hydrogen-bond acceptors (Lipinski definition) is 7. The van der Waals surface area contributed by atoms with Crippen LogP contribution in [0.5, 0.6) is 0 Å². The lowest BCUT2D eigenvalue weighted by Gasteiger charge is -2.38. The monoisotopic (exact) mass is 640 g/mol. The molecule has 0 heterocycles. The van der Waals surface area contributed by atoms with Crippen molar-refractivity contribution in [1.82, 2.24) is 15.1 Å². The number of amides is 3. The van der Waals surface area contributed by atoms with E-state index in [9.17, 15) is 24.6 Å². The van der Waals surface area contributed by atoms with Crippen molar-refractivity contribution in [2.45, 2.75) is 97.6 Å². The standard InChI is InChI=1S/C36H56N4O6/c1-8-39(9-2)23-29(41)24-40(32(25(3)4)33(37)43)34(44)28(20-26-16-12-10-13-17-26)22-31(42)30(21-27-18-14-11-15-19-27)38-35(45)46-36(5,6)7/h10-19,25,28-32,41-42H,8-9,20-24H2,1-7H3,(H2,37,43)(H,38,45). The van der Waals surface area contributed by atoms with Crippen LogP contribution in [0, 0.1) is 11.8 Å². The molecule has 10 heteroatoms. The molecule has 5 atom stereocenters. The molecule has 5 unspecified atom stereocenters. The summed E-state index contributed by atoms with van der Waals surface area (Å²) in [5.74, 6) is -2.16. The smallest absolute Gasteiger partial charge is 0.407 e. The molecule has 5 N–H and O–H groups in total. The highest BCUT2D eigenvalue weighted by Crippen LogP contribution is 2.24. The van der Waals surface area contributed by atoms with E-state index in [1.807, 2.05) is 93.3 Å². The number of carbonyl (C=O) groups is 3. The quantitative estimate of drug-likeness (QED) is 0.194. The van der Waals surface area contributed by atoms with Crippen molar-refractivity contribution < 1.29 is 29.3 Å². The summed E-state index contributed by atoms with van der Waals surface area (Å²) < 4.78 is 5.50. The van der Waals surface area contributed by atoms with E-state index in [0.29, 0.717) is 13.0 Å². The van der Waals surface area contributed by atoms with Crippen molar-refractivity contribution in [2.24, 2.45) is 17.6 Å². The molecular formula is C36H56N4O6. The van der Waals surface area contributed by atoms with Crippen LogP contribution in [0.25, 0.3) is 0 Å². The number of rotatable bonds is 18. The van der Waals surface area contributed by atoms with Crippen LogP contribution in [-0.4, -0.2) is 94.0 Å². The van der Waals surface area contributed by atoms with E-state index in [1.165, 1.54) is 4.90 Å². The molecule has 10 nitrogen and oxygen atoms in total. The van der Waals surface area contributed by atoms with E-state index in [-0.39, 0.29) is 25.3 Å². The molecule has 0 fully saturated rings. The first-order chi connectivity index (χ1) is 21.6. The lowest BCUT2D eigenvalue weighted by molar-refractivity contribution is -0.147. The maximum absolute atomic E-state index is 14.6. The van der Waals surface area contributed by atoms with E-state index in [0.717, 1.165) is 24.2 Å². The van der Waals surface area contributed by atoms with E-state index < -0.39 is 53.7 Å². The van der Waals surface area contributed by atoms with E-state index in [4.69, 9.17) is 10.5 Å². The van der Waals surface area contributed by atoms with Crippen molar-refractivity contribution >= 4 is 17.9 Å². The Kier molecular flexibility index (Phi) is 15.7. The summed E-state index contributed by atoms with van der Waals surface area (Å²) in [6.07, 6.45) is -2.20. The average Bonchev–Trinajstić information content (AvgIpc) is 2.98. The molecular weight excluding hydrogens is 584 g/mol. The number of nitrogens with two attached hydrogens (primary N) is 1. The third-order valence-electron chi connectivity index (χ3n) is 7.98. The predicted octanol–water partition coefficient (Wildman–Crippen LogP) is 3.77. The molecule has 46 heavy (non-hydrogen) atoms. The Labute approximate surface area is 275 Å². The maximum atomic E-state index is 14.6. The van der Waals surface area contributed by atoms with Gasteiger partial charge in [0.15, 0.2) is 0 Å². The zero-order chi connectivity index (χ0) is 34.4. The van der Waals surface area contributed by atoms with Crippen LogP contribution in [-0.2, 0) is 27.2 Å². The number of benzene rings is 2. The first-order valence-corrected chi connectivity index (χ1v) is 16.4. The molecule has 2 rings (SSSR count). The molecule has 0 aliphatic rings. The van der Waals surface area contributed by atoms with Crippen LogP contribution in [0.3, 0.4) is 0 Å². The number of carbonyl (C=O) groups excluding carboxylic acids is 3. The average molecular weight is 641 g/mol. The van der Waals surface area contributed by atoms with E-state index in [2.05, 4.69) is 5.32 Å². The Bertz CT molecular complexity index is 1200. The largest absolute Gasteiger partial charge is 0.444 e. The first-order valence-electron chi connectivity index (χ1n) is 16.4. The maximum Gasteiger partial charge on any atom is 0.407 e. The van der Waals surface area contributed by atoms with Crippen molar-refractivity contribution in [3.05, 3.63) is 71.8 Å². The number of primary amides is 1. The minimum atomic E-state index is -1.15. The molecule has 0 saturated carbocycles. The number of likely N-dealkylation sites (N-methyl/N-ethyl adjacent to an activating group) is 1. The van der Waals surface area contributed by atoms with E-state index >= 15 is 0 Å². The highest BCUT2D eigenvalue weighted by molar-refractivity contribution is 5.88. The fourth-order valence-electron chi connectivity index (χ4n) is 5.72. The van der Waals surface area contributed by atoms with Crippen LogP contribution in [0.15, 0.2) is 60.7 Å².